The molecule has 2 unspecified atom stereocenters. The fraction of sp³-hybridized carbons (Fsp3) is 0.647. The van der Waals surface area contributed by atoms with Crippen LogP contribution in [0.15, 0.2) is 24.3 Å². The Hall–Kier alpha value is -0.660. The van der Waals surface area contributed by atoms with E-state index >= 15 is 0 Å². The van der Waals surface area contributed by atoms with E-state index < -0.39 is 10.0 Å². The minimum Gasteiger partial charge on any atom is -0.377 e. The van der Waals surface area contributed by atoms with Crippen LogP contribution in [-0.4, -0.2) is 33.4 Å². The molecule has 0 aromatic heterocycles. The van der Waals surface area contributed by atoms with Crippen molar-refractivity contribution in [1.29, 1.82) is 0 Å². The zero-order valence-electron chi connectivity index (χ0n) is 14.4. The van der Waals surface area contributed by atoms with E-state index in [1.54, 1.807) is 0 Å². The molecule has 0 spiro atoms. The molecule has 1 heterocycles. The molecule has 2 atom stereocenters. The van der Waals surface area contributed by atoms with E-state index in [0.717, 1.165) is 24.8 Å². The Balaban J connectivity index is 0.00000288. The summed E-state index contributed by atoms with van der Waals surface area (Å²) in [7, 11) is -3.36. The number of nitrogens with two attached hydrogens (primary N) is 1. The lowest BCUT2D eigenvalue weighted by atomic mass is 9.99. The van der Waals surface area contributed by atoms with E-state index in [4.69, 9.17) is 10.5 Å². The molecule has 2 rings (SSSR count). The molecule has 0 radical (unpaired) electrons. The lowest BCUT2D eigenvalue weighted by Gasteiger charge is -2.23. The van der Waals surface area contributed by atoms with Gasteiger partial charge in [0.05, 0.1) is 11.9 Å². The molecular weight excluding hydrogens is 348 g/mol. The third-order valence-electron chi connectivity index (χ3n) is 4.23. The van der Waals surface area contributed by atoms with Crippen molar-refractivity contribution in [2.75, 3.05) is 18.9 Å². The summed E-state index contributed by atoms with van der Waals surface area (Å²) in [5.41, 5.74) is 8.29. The van der Waals surface area contributed by atoms with Crippen molar-refractivity contribution in [2.45, 2.75) is 51.2 Å². The molecule has 138 valence electrons. The topological polar surface area (TPSA) is 81.4 Å². The van der Waals surface area contributed by atoms with Crippen molar-refractivity contribution in [1.82, 2.24) is 4.72 Å². The van der Waals surface area contributed by atoms with Gasteiger partial charge in [-0.25, -0.2) is 13.1 Å². The van der Waals surface area contributed by atoms with Crippen LogP contribution in [0.3, 0.4) is 0 Å². The highest BCUT2D eigenvalue weighted by Gasteiger charge is 2.22. The van der Waals surface area contributed by atoms with Gasteiger partial charge in [0.1, 0.15) is 0 Å². The predicted octanol–water partition coefficient (Wildman–Crippen LogP) is 2.72. The van der Waals surface area contributed by atoms with Crippen LogP contribution in [0.4, 0.5) is 0 Å². The Kier molecular flexibility index (Phi) is 8.67. The van der Waals surface area contributed by atoms with Gasteiger partial charge in [0.25, 0.3) is 0 Å². The number of nitrogens with one attached hydrogen (secondary N) is 1. The average Bonchev–Trinajstić information content (AvgIpc) is 2.53. The summed E-state index contributed by atoms with van der Waals surface area (Å²) in [6, 6.07) is 7.68. The second kappa shape index (κ2) is 9.73. The molecule has 3 N–H and O–H groups in total. The number of ether oxygens (including phenoxy) is 1. The van der Waals surface area contributed by atoms with Gasteiger partial charge >= 0.3 is 0 Å². The Labute approximate surface area is 151 Å². The van der Waals surface area contributed by atoms with Crippen molar-refractivity contribution < 1.29 is 13.2 Å². The molecule has 1 aliphatic heterocycles. The lowest BCUT2D eigenvalue weighted by Crippen LogP contribution is -2.38. The Bertz CT molecular complexity index is 584. The van der Waals surface area contributed by atoms with Crippen molar-refractivity contribution in [3.63, 3.8) is 0 Å². The Morgan fingerprint density at radius 2 is 1.83 bits per heavy atom. The first-order chi connectivity index (χ1) is 10.9. The third kappa shape index (κ3) is 6.69. The first kappa shape index (κ1) is 21.4. The van der Waals surface area contributed by atoms with Gasteiger partial charge in [-0.1, -0.05) is 38.1 Å². The van der Waals surface area contributed by atoms with Crippen LogP contribution in [-0.2, 0) is 14.8 Å². The molecule has 1 saturated heterocycles. The van der Waals surface area contributed by atoms with Crippen molar-refractivity contribution in [3.05, 3.63) is 35.4 Å². The summed E-state index contributed by atoms with van der Waals surface area (Å²) < 4.78 is 32.4. The van der Waals surface area contributed by atoms with Gasteiger partial charge in [-0.05, 0) is 36.3 Å². The number of halogens is 1. The molecule has 0 saturated carbocycles. The summed E-state index contributed by atoms with van der Waals surface area (Å²) in [5, 5.41) is 0. The highest BCUT2D eigenvalue weighted by atomic mass is 35.5. The van der Waals surface area contributed by atoms with E-state index in [-0.39, 0.29) is 36.9 Å². The van der Waals surface area contributed by atoms with Crippen molar-refractivity contribution in [3.8, 4) is 0 Å². The van der Waals surface area contributed by atoms with Gasteiger partial charge in [0.2, 0.25) is 10.0 Å². The van der Waals surface area contributed by atoms with Gasteiger partial charge in [0.15, 0.2) is 0 Å². The Morgan fingerprint density at radius 3 is 2.38 bits per heavy atom. The molecular formula is C17H29ClN2O3S. The largest absolute Gasteiger partial charge is 0.377 e. The Morgan fingerprint density at radius 1 is 1.21 bits per heavy atom. The summed E-state index contributed by atoms with van der Waals surface area (Å²) in [5.74, 6) is 0.487. The fourth-order valence-electron chi connectivity index (χ4n) is 2.71. The summed E-state index contributed by atoms with van der Waals surface area (Å²) in [6.07, 6.45) is 2.66. The molecule has 1 aromatic carbocycles. The maximum Gasteiger partial charge on any atom is 0.214 e. The van der Waals surface area contributed by atoms with E-state index in [1.807, 2.05) is 24.3 Å². The quantitative estimate of drug-likeness (QED) is 0.766. The van der Waals surface area contributed by atoms with Crippen LogP contribution in [0.2, 0.25) is 0 Å². The van der Waals surface area contributed by atoms with E-state index in [0.29, 0.717) is 12.5 Å². The van der Waals surface area contributed by atoms with Gasteiger partial charge in [-0.2, -0.15) is 0 Å². The second-order valence-electron chi connectivity index (χ2n) is 6.55. The van der Waals surface area contributed by atoms with Crippen LogP contribution in [0, 0.1) is 0 Å². The highest BCUT2D eigenvalue weighted by Crippen LogP contribution is 2.18. The first-order valence-electron chi connectivity index (χ1n) is 8.32. The summed E-state index contributed by atoms with van der Waals surface area (Å²) in [4.78, 5) is 0. The highest BCUT2D eigenvalue weighted by molar-refractivity contribution is 7.89. The van der Waals surface area contributed by atoms with Crippen molar-refractivity contribution in [2.24, 2.45) is 5.73 Å². The van der Waals surface area contributed by atoms with Crippen LogP contribution in [0.1, 0.15) is 56.2 Å². The first-order valence-corrected chi connectivity index (χ1v) is 9.97. The van der Waals surface area contributed by atoms with Gasteiger partial charge in [-0.3, -0.25) is 0 Å². The van der Waals surface area contributed by atoms with Crippen LogP contribution in [0.5, 0.6) is 0 Å². The molecule has 0 aliphatic carbocycles. The standard InChI is InChI=1S/C17H28N2O3S.ClH/c1-13(2)14-6-8-15(9-7-14)17(18)11-19-23(20,21)12-16-5-3-4-10-22-16;/h6-9,13,16-17,19H,3-5,10-12,18H2,1-2H3;1H. The summed E-state index contributed by atoms with van der Waals surface area (Å²) in [6.45, 7) is 5.13. The van der Waals surface area contributed by atoms with Crippen molar-refractivity contribution >= 4 is 22.4 Å². The molecule has 5 nitrogen and oxygen atoms in total. The normalized spacial score (nSPS) is 19.8. The van der Waals surface area contributed by atoms with Crippen LogP contribution >= 0.6 is 12.4 Å². The zero-order chi connectivity index (χ0) is 16.9. The molecule has 0 bridgehead atoms. The van der Waals surface area contributed by atoms with E-state index in [2.05, 4.69) is 18.6 Å². The van der Waals surface area contributed by atoms with Crippen LogP contribution in [0.25, 0.3) is 0 Å². The SMILES string of the molecule is CC(C)c1ccc(C(N)CNS(=O)(=O)CC2CCCCO2)cc1.Cl. The van der Waals surface area contributed by atoms with E-state index in [1.165, 1.54) is 5.56 Å². The fourth-order valence-corrected chi connectivity index (χ4v) is 4.01. The molecule has 1 aliphatic rings. The molecule has 24 heavy (non-hydrogen) atoms. The monoisotopic (exact) mass is 376 g/mol. The van der Waals surface area contributed by atoms with Gasteiger partial charge < -0.3 is 10.5 Å². The number of rotatable bonds is 7. The molecule has 0 amide bonds. The summed E-state index contributed by atoms with van der Waals surface area (Å²) >= 11 is 0. The van der Waals surface area contributed by atoms with Gasteiger partial charge in [0, 0.05) is 19.2 Å². The average molecular weight is 377 g/mol. The minimum atomic E-state index is -3.36. The smallest absolute Gasteiger partial charge is 0.214 e. The number of benzene rings is 1. The second-order valence-corrected chi connectivity index (χ2v) is 8.40. The number of hydrogen-bond donors (Lipinski definition) is 2. The molecule has 1 aromatic rings. The zero-order valence-corrected chi connectivity index (χ0v) is 16.0. The van der Waals surface area contributed by atoms with E-state index in [9.17, 15) is 8.42 Å². The third-order valence-corrected chi connectivity index (χ3v) is 5.65. The van der Waals surface area contributed by atoms with Crippen LogP contribution < -0.4 is 10.5 Å². The minimum absolute atomic E-state index is 0. The molecule has 7 heteroatoms. The van der Waals surface area contributed by atoms with Gasteiger partial charge in [-0.15, -0.1) is 12.4 Å². The maximum atomic E-state index is 12.1. The lowest BCUT2D eigenvalue weighted by molar-refractivity contribution is 0.0304. The number of hydrogen-bond acceptors (Lipinski definition) is 4. The predicted molar refractivity (Wildman–Crippen MR) is 100 cm³/mol. The number of sulfonamides is 1. The maximum absolute atomic E-state index is 12.1. The molecule has 1 fully saturated rings.